The molecule has 1 saturated heterocycles. The van der Waals surface area contributed by atoms with Crippen molar-refractivity contribution in [1.82, 2.24) is 4.90 Å². The lowest BCUT2D eigenvalue weighted by atomic mass is 9.88. The fraction of sp³-hybridized carbons (Fsp3) is 0.364. The van der Waals surface area contributed by atoms with Crippen LogP contribution in [0, 0.1) is 6.92 Å². The maximum atomic E-state index is 13.1. The predicted molar refractivity (Wildman–Crippen MR) is 127 cm³/mol. The van der Waals surface area contributed by atoms with Gasteiger partial charge >= 0.3 is 16.1 Å². The molecular formula is C22H28ClN3O6S. The number of piperidine rings is 1. The zero-order valence-corrected chi connectivity index (χ0v) is 20.3. The van der Waals surface area contributed by atoms with E-state index >= 15 is 0 Å². The van der Waals surface area contributed by atoms with E-state index in [-0.39, 0.29) is 34.5 Å². The van der Waals surface area contributed by atoms with Gasteiger partial charge in [-0.2, -0.15) is 13.5 Å². The molecule has 1 fully saturated rings. The van der Waals surface area contributed by atoms with Gasteiger partial charge in [-0.3, -0.25) is 0 Å². The number of carbonyl (C=O) groups is 1. The molecule has 2 N–H and O–H groups in total. The van der Waals surface area contributed by atoms with Crippen molar-refractivity contribution < 1.29 is 26.9 Å². The smallest absolute Gasteiger partial charge is 0.340 e. The monoisotopic (exact) mass is 497 g/mol. The number of likely N-dealkylation sites (tertiary alicyclic amines) is 1. The average Bonchev–Trinajstić information content (AvgIpc) is 2.78. The van der Waals surface area contributed by atoms with Gasteiger partial charge in [0.25, 0.3) is 0 Å². The first kappa shape index (κ1) is 26.3. The maximum Gasteiger partial charge on any atom is 0.340 e. The van der Waals surface area contributed by atoms with Gasteiger partial charge in [-0.25, -0.2) is 4.79 Å². The Labute approximate surface area is 200 Å². The second kappa shape index (κ2) is 11.2. The molecule has 0 aromatic heterocycles. The Morgan fingerprint density at radius 2 is 1.85 bits per heavy atom. The Hall–Kier alpha value is -2.98. The highest BCUT2D eigenvalue weighted by atomic mass is 35.5. The quantitative estimate of drug-likeness (QED) is 0.155. The van der Waals surface area contributed by atoms with Gasteiger partial charge < -0.3 is 24.4 Å². The number of esters is 1. The third-order valence-corrected chi connectivity index (χ3v) is 6.69. The molecule has 2 aromatic carbocycles. The maximum absolute atomic E-state index is 13.1. The lowest BCUT2D eigenvalue weighted by Gasteiger charge is -2.31. The Bertz CT molecular complexity index is 1120. The van der Waals surface area contributed by atoms with Gasteiger partial charge in [0.2, 0.25) is 0 Å². The van der Waals surface area contributed by atoms with Crippen LogP contribution in [0.15, 0.2) is 46.4 Å². The molecule has 0 unspecified atom stereocenters. The van der Waals surface area contributed by atoms with Crippen LogP contribution >= 0.6 is 12.4 Å². The Morgan fingerprint density at radius 1 is 1.18 bits per heavy atom. The molecule has 0 saturated carbocycles. The molecule has 0 amide bonds. The van der Waals surface area contributed by atoms with Crippen molar-refractivity contribution in [3.63, 3.8) is 0 Å². The minimum Gasteiger partial charge on any atom is -0.492 e. The van der Waals surface area contributed by atoms with Crippen LogP contribution < -0.4 is 14.8 Å². The number of methoxy groups -OCH3 is 2. The number of nitrogens with two attached hydrogens (primary N) is 1. The largest absolute Gasteiger partial charge is 0.492 e. The molecular weight excluding hydrogens is 470 g/mol. The number of hydrogen-bond donors (Lipinski definition) is 1. The average molecular weight is 498 g/mol. The molecule has 9 nitrogen and oxygen atoms in total. The predicted octanol–water partition coefficient (Wildman–Crippen LogP) is 3.06. The summed E-state index contributed by atoms with van der Waals surface area (Å²) in [6.45, 7) is 3.40. The molecule has 2 aromatic rings. The number of rotatable bonds is 7. The Balaban J connectivity index is 0.00000385. The van der Waals surface area contributed by atoms with Crippen LogP contribution in [0.2, 0.25) is 0 Å². The van der Waals surface area contributed by atoms with E-state index in [1.807, 2.05) is 17.9 Å². The first-order chi connectivity index (χ1) is 15.3. The molecule has 0 aliphatic carbocycles. The first-order valence-electron chi connectivity index (χ1n) is 10.1. The van der Waals surface area contributed by atoms with Crippen molar-refractivity contribution in [1.29, 1.82) is 0 Å². The van der Waals surface area contributed by atoms with Crippen molar-refractivity contribution in [2.75, 3.05) is 27.3 Å². The molecule has 1 aliphatic heterocycles. The van der Waals surface area contributed by atoms with Crippen LogP contribution in [0.4, 0.5) is 0 Å². The van der Waals surface area contributed by atoms with E-state index in [4.69, 9.17) is 19.5 Å². The van der Waals surface area contributed by atoms with Crippen molar-refractivity contribution >= 4 is 34.8 Å². The van der Waals surface area contributed by atoms with Crippen molar-refractivity contribution in [2.24, 2.45) is 10.9 Å². The molecule has 0 bridgehead atoms. The van der Waals surface area contributed by atoms with Crippen molar-refractivity contribution in [2.45, 2.75) is 30.6 Å². The van der Waals surface area contributed by atoms with Gasteiger partial charge in [-0.15, -0.1) is 12.4 Å². The van der Waals surface area contributed by atoms with E-state index in [0.29, 0.717) is 5.75 Å². The van der Waals surface area contributed by atoms with Gasteiger partial charge in [0.15, 0.2) is 11.5 Å². The lowest BCUT2D eigenvalue weighted by molar-refractivity contribution is 0.0596. The first-order valence-corrected chi connectivity index (χ1v) is 11.5. The summed E-state index contributed by atoms with van der Waals surface area (Å²) in [7, 11) is -1.67. The van der Waals surface area contributed by atoms with Gasteiger partial charge in [-0.05, 0) is 49.4 Å². The summed E-state index contributed by atoms with van der Waals surface area (Å²) < 4.78 is 42.0. The van der Waals surface area contributed by atoms with E-state index in [0.717, 1.165) is 37.1 Å². The summed E-state index contributed by atoms with van der Waals surface area (Å²) in [5.74, 6) is 5.07. The zero-order valence-electron chi connectivity index (χ0n) is 18.7. The SMILES string of the molecule is COC(=O)c1ccccc1S(=O)(=O)Oc1cc(C)cc(C2CCN(C=NN)CC2)c1OC.Cl. The van der Waals surface area contributed by atoms with Crippen molar-refractivity contribution in [3.8, 4) is 11.5 Å². The fourth-order valence-electron chi connectivity index (χ4n) is 3.90. The highest BCUT2D eigenvalue weighted by Gasteiger charge is 2.29. The summed E-state index contributed by atoms with van der Waals surface area (Å²) in [5, 5.41) is 3.57. The number of aryl methyl sites for hydroxylation is 1. The van der Waals surface area contributed by atoms with Gasteiger partial charge in [0.1, 0.15) is 11.2 Å². The minimum absolute atomic E-state index is 0. The molecule has 0 radical (unpaired) electrons. The zero-order chi connectivity index (χ0) is 23.3. The van der Waals surface area contributed by atoms with Crippen LogP contribution in [-0.4, -0.2) is 52.9 Å². The number of hydrogen-bond acceptors (Lipinski definition) is 8. The van der Waals surface area contributed by atoms with Crippen LogP contribution in [0.5, 0.6) is 11.5 Å². The number of hydrazone groups is 1. The molecule has 0 atom stereocenters. The summed E-state index contributed by atoms with van der Waals surface area (Å²) >= 11 is 0. The normalized spacial score (nSPS) is 14.6. The lowest BCUT2D eigenvalue weighted by Crippen LogP contribution is -2.32. The summed E-state index contributed by atoms with van der Waals surface area (Å²) in [6.07, 6.45) is 3.26. The van der Waals surface area contributed by atoms with E-state index in [9.17, 15) is 13.2 Å². The van der Waals surface area contributed by atoms with Crippen LogP contribution in [0.25, 0.3) is 0 Å². The van der Waals surface area contributed by atoms with E-state index in [1.165, 1.54) is 32.4 Å². The molecule has 11 heteroatoms. The van der Waals surface area contributed by atoms with Crippen LogP contribution in [-0.2, 0) is 14.9 Å². The molecule has 1 heterocycles. The molecule has 3 rings (SSSR count). The van der Waals surface area contributed by atoms with E-state index < -0.39 is 16.1 Å². The Kier molecular flexibility index (Phi) is 8.95. The third-order valence-electron chi connectivity index (χ3n) is 5.39. The third kappa shape index (κ3) is 5.88. The Morgan fingerprint density at radius 3 is 2.45 bits per heavy atom. The standard InChI is InChI=1S/C22H27N3O6S.ClH/c1-15-12-18(16-8-10-25(11-9-16)14-24-23)21(29-2)19(13-15)31-32(27,28)20-7-5-4-6-17(20)22(26)30-3;/h4-7,12-14,16H,8-11,23H2,1-3H3;1H. The second-order valence-electron chi connectivity index (χ2n) is 7.49. The van der Waals surface area contributed by atoms with Crippen LogP contribution in [0.1, 0.15) is 40.2 Å². The number of halogens is 1. The number of benzene rings is 2. The summed E-state index contributed by atoms with van der Waals surface area (Å²) in [6, 6.07) is 9.34. The highest BCUT2D eigenvalue weighted by molar-refractivity contribution is 7.87. The molecule has 180 valence electrons. The van der Waals surface area contributed by atoms with Gasteiger partial charge in [-0.1, -0.05) is 18.2 Å². The molecule has 0 spiro atoms. The second-order valence-corrected chi connectivity index (χ2v) is 9.00. The number of ether oxygens (including phenoxy) is 2. The number of carbonyl (C=O) groups excluding carboxylic acids is 1. The van der Waals surface area contributed by atoms with E-state index in [2.05, 4.69) is 5.10 Å². The topological polar surface area (TPSA) is 121 Å². The minimum atomic E-state index is -4.33. The fourth-order valence-corrected chi connectivity index (χ4v) is 5.01. The highest BCUT2D eigenvalue weighted by Crippen LogP contribution is 2.42. The molecule has 33 heavy (non-hydrogen) atoms. The van der Waals surface area contributed by atoms with Crippen molar-refractivity contribution in [3.05, 3.63) is 53.1 Å². The number of nitrogens with zero attached hydrogens (tertiary/aromatic N) is 2. The van der Waals surface area contributed by atoms with Gasteiger partial charge in [0, 0.05) is 18.7 Å². The summed E-state index contributed by atoms with van der Waals surface area (Å²) in [5.41, 5.74) is 1.61. The van der Waals surface area contributed by atoms with Gasteiger partial charge in [0.05, 0.1) is 19.8 Å². The summed E-state index contributed by atoms with van der Waals surface area (Å²) in [4.78, 5) is 13.8. The van der Waals surface area contributed by atoms with E-state index in [1.54, 1.807) is 18.5 Å². The van der Waals surface area contributed by atoms with Crippen LogP contribution in [0.3, 0.4) is 0 Å². The molecule has 1 aliphatic rings.